The topological polar surface area (TPSA) is 43.6 Å². The summed E-state index contributed by atoms with van der Waals surface area (Å²) in [4.78, 5) is 15.4. The number of nitrogens with zero attached hydrogens (tertiary/aromatic N) is 4. The molecule has 0 bridgehead atoms. The molecule has 1 atom stereocenters. The Morgan fingerprint density at radius 3 is 1.38 bits per heavy atom. The second kappa shape index (κ2) is 13.9. The van der Waals surface area contributed by atoms with Crippen molar-refractivity contribution in [2.75, 3.05) is 0 Å². The van der Waals surface area contributed by atoms with Gasteiger partial charge in [0.25, 0.3) is 0 Å². The van der Waals surface area contributed by atoms with Crippen molar-refractivity contribution in [2.24, 2.45) is 0 Å². The summed E-state index contributed by atoms with van der Waals surface area (Å²) in [7, 11) is 0. The summed E-state index contributed by atoms with van der Waals surface area (Å²) in [6.07, 6.45) is 0. The Hall–Kier alpha value is -8.21. The molecule has 300 valence electrons. The van der Waals surface area contributed by atoms with E-state index >= 15 is 0 Å². The first-order valence-electron chi connectivity index (χ1n) is 22.0. The van der Waals surface area contributed by atoms with Gasteiger partial charge in [-0.1, -0.05) is 169 Å². The van der Waals surface area contributed by atoms with Crippen LogP contribution in [0.4, 0.5) is 0 Å². The van der Waals surface area contributed by atoms with Gasteiger partial charge in [-0.3, -0.25) is 0 Å². The molecule has 2 heterocycles. The highest BCUT2D eigenvalue weighted by atomic mass is 15.0. The van der Waals surface area contributed by atoms with Crippen LogP contribution in [0.15, 0.2) is 206 Å². The van der Waals surface area contributed by atoms with Gasteiger partial charge < -0.3 is 4.57 Å². The van der Waals surface area contributed by atoms with E-state index in [1.807, 2.05) is 36.4 Å². The van der Waals surface area contributed by atoms with Crippen molar-refractivity contribution in [3.63, 3.8) is 0 Å². The first-order valence-corrected chi connectivity index (χ1v) is 22.0. The third-order valence-electron chi connectivity index (χ3n) is 13.6. The van der Waals surface area contributed by atoms with Gasteiger partial charge in [-0.05, 0) is 118 Å². The molecule has 4 nitrogen and oxygen atoms in total. The Balaban J connectivity index is 1.03. The molecule has 4 heteroatoms. The van der Waals surface area contributed by atoms with E-state index in [4.69, 9.17) is 15.0 Å². The van der Waals surface area contributed by atoms with Gasteiger partial charge >= 0.3 is 0 Å². The highest BCUT2D eigenvalue weighted by Gasteiger charge is 2.51. The Bertz CT molecular complexity index is 3610. The zero-order chi connectivity index (χ0) is 42.5. The molecular formula is C60H40N4. The summed E-state index contributed by atoms with van der Waals surface area (Å²) in [6, 6.07) is 75.1. The summed E-state index contributed by atoms with van der Waals surface area (Å²) < 4.78 is 2.41. The summed E-state index contributed by atoms with van der Waals surface area (Å²) in [6.45, 7) is 4.33. The molecule has 2 aliphatic carbocycles. The number of aryl methyl sites for hydroxylation is 2. The molecule has 0 fully saturated rings. The minimum atomic E-state index is -0.565. The van der Waals surface area contributed by atoms with Crippen LogP contribution < -0.4 is 0 Å². The van der Waals surface area contributed by atoms with Gasteiger partial charge in [-0.25, -0.2) is 15.0 Å². The average molecular weight is 817 g/mol. The molecule has 64 heavy (non-hydrogen) atoms. The van der Waals surface area contributed by atoms with Crippen LogP contribution in [0.25, 0.3) is 95.0 Å². The minimum absolute atomic E-state index is 0.565. The molecule has 0 saturated carbocycles. The zero-order valence-electron chi connectivity index (χ0n) is 35.4. The SMILES string of the molecule is Cc1ccc(-n2c3ccc(C)cc3c3cc(-c4ccc5c(c4)C4(c6ccccc6-5)c5ccccc5-c5ccc(-c6nc(-c7ccccc7)nc(-c7ccccc7)n6)cc54)ccc32)cc1. The van der Waals surface area contributed by atoms with Gasteiger partial charge in [0.15, 0.2) is 17.5 Å². The number of fused-ring (bicyclic) bond motifs is 13. The number of aromatic nitrogens is 4. The van der Waals surface area contributed by atoms with Crippen molar-refractivity contribution >= 4 is 21.8 Å². The molecule has 1 spiro atoms. The van der Waals surface area contributed by atoms with Crippen LogP contribution in [0.3, 0.4) is 0 Å². The lowest BCUT2D eigenvalue weighted by Crippen LogP contribution is -2.26. The highest BCUT2D eigenvalue weighted by Crippen LogP contribution is 2.63. The quantitative estimate of drug-likeness (QED) is 0.174. The molecule has 0 amide bonds. The summed E-state index contributed by atoms with van der Waals surface area (Å²) in [5, 5.41) is 2.51. The van der Waals surface area contributed by atoms with Crippen LogP contribution in [-0.4, -0.2) is 19.5 Å². The van der Waals surface area contributed by atoms with Crippen molar-refractivity contribution in [3.8, 4) is 73.2 Å². The molecule has 0 saturated heterocycles. The van der Waals surface area contributed by atoms with Gasteiger partial charge in [0.1, 0.15) is 0 Å². The van der Waals surface area contributed by atoms with E-state index < -0.39 is 5.41 Å². The number of hydrogen-bond donors (Lipinski definition) is 0. The highest BCUT2D eigenvalue weighted by molar-refractivity contribution is 6.11. The summed E-state index contributed by atoms with van der Waals surface area (Å²) in [5.74, 6) is 1.95. The minimum Gasteiger partial charge on any atom is -0.309 e. The van der Waals surface area contributed by atoms with Crippen LogP contribution in [0, 0.1) is 13.8 Å². The number of benzene rings is 9. The summed E-state index contributed by atoms with van der Waals surface area (Å²) >= 11 is 0. The van der Waals surface area contributed by atoms with E-state index in [2.05, 4.69) is 188 Å². The molecule has 2 aromatic heterocycles. The van der Waals surface area contributed by atoms with E-state index in [1.165, 1.54) is 94.3 Å². The number of rotatable bonds is 5. The largest absolute Gasteiger partial charge is 0.309 e. The van der Waals surface area contributed by atoms with Crippen molar-refractivity contribution in [1.29, 1.82) is 0 Å². The van der Waals surface area contributed by atoms with Crippen LogP contribution in [0.5, 0.6) is 0 Å². The molecule has 11 aromatic rings. The van der Waals surface area contributed by atoms with Crippen molar-refractivity contribution in [3.05, 3.63) is 240 Å². The Morgan fingerprint density at radius 2 is 0.766 bits per heavy atom. The van der Waals surface area contributed by atoms with Crippen LogP contribution in [0.1, 0.15) is 33.4 Å². The molecule has 0 N–H and O–H groups in total. The first kappa shape index (κ1) is 36.4. The lowest BCUT2D eigenvalue weighted by atomic mass is 9.70. The lowest BCUT2D eigenvalue weighted by molar-refractivity contribution is 0.794. The predicted molar refractivity (Wildman–Crippen MR) is 262 cm³/mol. The molecule has 0 radical (unpaired) electrons. The van der Waals surface area contributed by atoms with E-state index in [9.17, 15) is 0 Å². The molecule has 2 aliphatic rings. The summed E-state index contributed by atoms with van der Waals surface area (Å²) in [5.41, 5.74) is 20.9. The maximum absolute atomic E-state index is 5.18. The molecule has 1 unspecified atom stereocenters. The smallest absolute Gasteiger partial charge is 0.164 e. The van der Waals surface area contributed by atoms with Crippen LogP contribution in [-0.2, 0) is 5.41 Å². The standard InChI is InChI=1S/C60H40N4/c1-37-21-27-44(28-22-37)64-55-31-23-38(2)33-49(55)50-34-41(26-32-56(50)64)42-24-29-47-45-17-9-11-19-51(45)60(53(47)35-42)52-20-12-10-18-46(52)48-30-25-43(36-54(48)60)59-62-57(39-13-5-3-6-14-39)61-58(63-59)40-15-7-4-8-16-40/h3-36H,1-2H3. The van der Waals surface area contributed by atoms with E-state index in [0.717, 1.165) is 16.7 Å². The van der Waals surface area contributed by atoms with Crippen LogP contribution in [0.2, 0.25) is 0 Å². The van der Waals surface area contributed by atoms with Gasteiger partial charge in [-0.2, -0.15) is 0 Å². The number of hydrogen-bond acceptors (Lipinski definition) is 3. The fraction of sp³-hybridized carbons (Fsp3) is 0.0500. The Labute approximate surface area is 371 Å². The third kappa shape index (κ3) is 5.32. The monoisotopic (exact) mass is 816 g/mol. The van der Waals surface area contributed by atoms with Gasteiger partial charge in [-0.15, -0.1) is 0 Å². The van der Waals surface area contributed by atoms with Crippen LogP contribution >= 0.6 is 0 Å². The van der Waals surface area contributed by atoms with Gasteiger partial charge in [0, 0.05) is 33.2 Å². The zero-order valence-corrected chi connectivity index (χ0v) is 35.4. The third-order valence-corrected chi connectivity index (χ3v) is 13.6. The van der Waals surface area contributed by atoms with Gasteiger partial charge in [0.05, 0.1) is 16.4 Å². The second-order valence-electron chi connectivity index (χ2n) is 17.3. The van der Waals surface area contributed by atoms with E-state index in [1.54, 1.807) is 0 Å². The average Bonchev–Trinajstić information content (AvgIpc) is 3.95. The van der Waals surface area contributed by atoms with E-state index in [0.29, 0.717) is 17.5 Å². The maximum atomic E-state index is 5.18. The lowest BCUT2D eigenvalue weighted by Gasteiger charge is -2.31. The maximum Gasteiger partial charge on any atom is 0.164 e. The Morgan fingerprint density at radius 1 is 0.328 bits per heavy atom. The fourth-order valence-electron chi connectivity index (χ4n) is 10.7. The molecule has 9 aromatic carbocycles. The first-order chi connectivity index (χ1) is 31.5. The fourth-order valence-corrected chi connectivity index (χ4v) is 10.7. The molecular weight excluding hydrogens is 777 g/mol. The van der Waals surface area contributed by atoms with Crippen molar-refractivity contribution in [2.45, 2.75) is 19.3 Å². The Kier molecular flexibility index (Phi) is 7.92. The second-order valence-corrected chi connectivity index (χ2v) is 17.3. The molecule has 13 rings (SSSR count). The molecule has 0 aliphatic heterocycles. The van der Waals surface area contributed by atoms with Gasteiger partial charge in [0.2, 0.25) is 0 Å². The normalized spacial score (nSPS) is 14.5. The predicted octanol–water partition coefficient (Wildman–Crippen LogP) is 14.6. The van der Waals surface area contributed by atoms with E-state index in [-0.39, 0.29) is 0 Å². The van der Waals surface area contributed by atoms with Crippen molar-refractivity contribution < 1.29 is 0 Å². The van der Waals surface area contributed by atoms with Crippen molar-refractivity contribution in [1.82, 2.24) is 19.5 Å².